The molecular weight excluding hydrogens is 184 g/mol. The summed E-state index contributed by atoms with van der Waals surface area (Å²) in [6.45, 7) is 7.05. The molecule has 0 amide bonds. The van der Waals surface area contributed by atoms with Crippen LogP contribution < -0.4 is 17.0 Å². The second kappa shape index (κ2) is 6.72. The van der Waals surface area contributed by atoms with Crippen molar-refractivity contribution in [2.45, 2.75) is 32.7 Å². The third-order valence-corrected chi connectivity index (χ3v) is 1.94. The number of aryl methyl sites for hydroxylation is 1. The van der Waals surface area contributed by atoms with E-state index in [0.717, 1.165) is 13.0 Å². The fourth-order valence-electron chi connectivity index (χ4n) is 1.25. The fourth-order valence-corrected chi connectivity index (χ4v) is 1.25. The van der Waals surface area contributed by atoms with E-state index >= 15 is 0 Å². The molecule has 1 rings (SSSR count). The maximum absolute atomic E-state index is 3.72. The quantitative estimate of drug-likeness (QED) is 0.457. The Labute approximate surface area is 86.1 Å². The molecule has 0 unspecified atom stereocenters. The molecule has 0 atom stereocenters. The van der Waals surface area contributed by atoms with Crippen molar-refractivity contribution in [1.82, 2.24) is 4.98 Å². The highest BCUT2D eigenvalue weighted by molar-refractivity contribution is 4.85. The Hall–Kier alpha value is -0.760. The average molecular weight is 201 g/mol. The zero-order chi connectivity index (χ0) is 8.81. The summed E-state index contributed by atoms with van der Waals surface area (Å²) in [6.07, 6.45) is 9.41. The van der Waals surface area contributed by atoms with Crippen molar-refractivity contribution in [2.24, 2.45) is 0 Å². The highest BCUT2D eigenvalue weighted by Crippen LogP contribution is 1.92. The Bertz CT molecular complexity index is 243. The van der Waals surface area contributed by atoms with Gasteiger partial charge in [0.15, 0.2) is 0 Å². The molecule has 1 heterocycles. The van der Waals surface area contributed by atoms with E-state index in [1.54, 1.807) is 0 Å². The SMILES string of the molecule is C=CCc1[nH]cc[n+]1CCCC.[Cl-]. The van der Waals surface area contributed by atoms with Gasteiger partial charge in [-0.05, 0) is 6.42 Å². The first-order valence-corrected chi connectivity index (χ1v) is 4.55. The lowest BCUT2D eigenvalue weighted by molar-refractivity contribution is -0.702. The topological polar surface area (TPSA) is 19.7 Å². The first-order valence-electron chi connectivity index (χ1n) is 4.55. The van der Waals surface area contributed by atoms with E-state index in [9.17, 15) is 0 Å². The summed E-state index contributed by atoms with van der Waals surface area (Å²) in [7, 11) is 0. The van der Waals surface area contributed by atoms with E-state index < -0.39 is 0 Å². The van der Waals surface area contributed by atoms with E-state index in [1.807, 2.05) is 12.3 Å². The molecule has 0 spiro atoms. The minimum atomic E-state index is 0. The van der Waals surface area contributed by atoms with Crippen molar-refractivity contribution in [1.29, 1.82) is 0 Å². The van der Waals surface area contributed by atoms with Crippen LogP contribution in [0.2, 0.25) is 0 Å². The van der Waals surface area contributed by atoms with Gasteiger partial charge in [-0.25, -0.2) is 9.55 Å². The Morgan fingerprint density at radius 2 is 2.38 bits per heavy atom. The molecule has 13 heavy (non-hydrogen) atoms. The van der Waals surface area contributed by atoms with E-state index in [0.29, 0.717) is 0 Å². The molecule has 0 saturated heterocycles. The van der Waals surface area contributed by atoms with Gasteiger partial charge in [-0.1, -0.05) is 19.4 Å². The van der Waals surface area contributed by atoms with Gasteiger partial charge in [-0.15, -0.1) is 6.58 Å². The van der Waals surface area contributed by atoms with Gasteiger partial charge < -0.3 is 12.4 Å². The van der Waals surface area contributed by atoms with Crippen LogP contribution in [0.4, 0.5) is 0 Å². The van der Waals surface area contributed by atoms with Crippen LogP contribution in [0, 0.1) is 0 Å². The normalized spacial score (nSPS) is 9.31. The molecule has 0 bridgehead atoms. The molecule has 0 fully saturated rings. The minimum Gasteiger partial charge on any atom is -1.00 e. The van der Waals surface area contributed by atoms with E-state index in [1.165, 1.54) is 18.7 Å². The first-order chi connectivity index (χ1) is 5.88. The Morgan fingerprint density at radius 3 is 3.00 bits per heavy atom. The molecule has 2 nitrogen and oxygen atoms in total. The van der Waals surface area contributed by atoms with E-state index in [-0.39, 0.29) is 12.4 Å². The van der Waals surface area contributed by atoms with Crippen LogP contribution in [0.25, 0.3) is 0 Å². The molecule has 3 heteroatoms. The second-order valence-electron chi connectivity index (χ2n) is 2.95. The van der Waals surface area contributed by atoms with Crippen LogP contribution in [0.15, 0.2) is 25.0 Å². The van der Waals surface area contributed by atoms with Gasteiger partial charge in [-0.3, -0.25) is 0 Å². The Kier molecular flexibility index (Phi) is 6.33. The lowest BCUT2D eigenvalue weighted by Gasteiger charge is -1.96. The van der Waals surface area contributed by atoms with Gasteiger partial charge in [-0.2, -0.15) is 0 Å². The van der Waals surface area contributed by atoms with Crippen molar-refractivity contribution in [2.75, 3.05) is 0 Å². The molecule has 1 aromatic rings. The Balaban J connectivity index is 0.00000144. The van der Waals surface area contributed by atoms with Crippen molar-refractivity contribution >= 4 is 0 Å². The summed E-state index contributed by atoms with van der Waals surface area (Å²) in [5, 5.41) is 0. The number of nitrogens with one attached hydrogen (secondary N) is 1. The van der Waals surface area contributed by atoms with Crippen LogP contribution in [0.3, 0.4) is 0 Å². The molecule has 0 aromatic carbocycles. The Morgan fingerprint density at radius 1 is 1.62 bits per heavy atom. The van der Waals surface area contributed by atoms with Gasteiger partial charge in [0.05, 0.1) is 13.0 Å². The molecule has 0 aliphatic rings. The molecule has 0 aliphatic carbocycles. The number of nitrogens with zero attached hydrogens (tertiary/aromatic N) is 1. The minimum absolute atomic E-state index is 0. The number of aromatic amines is 1. The van der Waals surface area contributed by atoms with E-state index in [2.05, 4.69) is 29.3 Å². The fraction of sp³-hybridized carbons (Fsp3) is 0.500. The third-order valence-electron chi connectivity index (χ3n) is 1.94. The van der Waals surface area contributed by atoms with Gasteiger partial charge in [0.2, 0.25) is 0 Å². The number of H-pyrrole nitrogens is 1. The number of halogens is 1. The van der Waals surface area contributed by atoms with E-state index in [4.69, 9.17) is 0 Å². The highest BCUT2D eigenvalue weighted by atomic mass is 35.5. The number of imidazole rings is 1. The molecule has 1 N–H and O–H groups in total. The number of unbranched alkanes of at least 4 members (excludes halogenated alkanes) is 1. The molecular formula is C10H17ClN2. The van der Waals surface area contributed by atoms with Crippen LogP contribution >= 0.6 is 0 Å². The van der Waals surface area contributed by atoms with Crippen LogP contribution in [0.1, 0.15) is 25.6 Å². The number of hydrogen-bond donors (Lipinski definition) is 1. The largest absolute Gasteiger partial charge is 1.00 e. The first kappa shape index (κ1) is 12.2. The maximum atomic E-state index is 3.72. The molecule has 0 radical (unpaired) electrons. The number of hydrogen-bond acceptors (Lipinski definition) is 0. The summed E-state index contributed by atoms with van der Waals surface area (Å²) in [5.74, 6) is 1.25. The predicted octanol–water partition coefficient (Wildman–Crippen LogP) is -1.17. The summed E-state index contributed by atoms with van der Waals surface area (Å²) in [4.78, 5) is 3.21. The summed E-state index contributed by atoms with van der Waals surface area (Å²) >= 11 is 0. The van der Waals surface area contributed by atoms with Crippen molar-refractivity contribution in [3.8, 4) is 0 Å². The van der Waals surface area contributed by atoms with Gasteiger partial charge in [0, 0.05) is 0 Å². The van der Waals surface area contributed by atoms with Gasteiger partial charge in [0.1, 0.15) is 12.4 Å². The predicted molar refractivity (Wildman–Crippen MR) is 49.8 cm³/mol. The molecule has 74 valence electrons. The summed E-state index contributed by atoms with van der Waals surface area (Å²) < 4.78 is 2.26. The molecule has 0 aliphatic heterocycles. The highest BCUT2D eigenvalue weighted by Gasteiger charge is 2.06. The second-order valence-corrected chi connectivity index (χ2v) is 2.95. The van der Waals surface area contributed by atoms with Crippen LogP contribution in [0.5, 0.6) is 0 Å². The van der Waals surface area contributed by atoms with Gasteiger partial charge in [0.25, 0.3) is 5.82 Å². The standard InChI is InChI=1S/C10H16N2.ClH/c1-3-5-8-12-9-7-11-10(12)6-4-2;/h4,7,9H,2-3,5-6,8H2,1H3;1H. The molecule has 1 aromatic heterocycles. The number of rotatable bonds is 5. The number of aromatic nitrogens is 2. The summed E-state index contributed by atoms with van der Waals surface area (Å²) in [6, 6.07) is 0. The van der Waals surface area contributed by atoms with Crippen molar-refractivity contribution in [3.63, 3.8) is 0 Å². The van der Waals surface area contributed by atoms with Crippen molar-refractivity contribution in [3.05, 3.63) is 30.9 Å². The smallest absolute Gasteiger partial charge is 0.258 e. The maximum Gasteiger partial charge on any atom is 0.258 e. The van der Waals surface area contributed by atoms with Crippen LogP contribution in [-0.2, 0) is 13.0 Å². The third kappa shape index (κ3) is 3.64. The van der Waals surface area contributed by atoms with Crippen LogP contribution in [-0.4, -0.2) is 4.98 Å². The average Bonchev–Trinajstić information content (AvgIpc) is 2.50. The van der Waals surface area contributed by atoms with Gasteiger partial charge >= 0.3 is 0 Å². The lowest BCUT2D eigenvalue weighted by Crippen LogP contribution is -3.00. The zero-order valence-corrected chi connectivity index (χ0v) is 8.85. The summed E-state index contributed by atoms with van der Waals surface area (Å²) in [5.41, 5.74) is 0. The number of allylic oxidation sites excluding steroid dienone is 1. The lowest BCUT2D eigenvalue weighted by atomic mass is 10.3. The zero-order valence-electron chi connectivity index (χ0n) is 8.09. The monoisotopic (exact) mass is 200 g/mol. The van der Waals surface area contributed by atoms with Crippen molar-refractivity contribution < 1.29 is 17.0 Å². The molecule has 0 saturated carbocycles.